The third kappa shape index (κ3) is 1.32. The predicted octanol–water partition coefficient (Wildman–Crippen LogP) is 2.23. The average Bonchev–Trinajstić information content (AvgIpc) is 2.66. The summed E-state index contributed by atoms with van der Waals surface area (Å²) in [6, 6.07) is 5.95. The van der Waals surface area contributed by atoms with Gasteiger partial charge in [-0.1, -0.05) is 0 Å². The van der Waals surface area contributed by atoms with Gasteiger partial charge in [-0.3, -0.25) is 4.79 Å². The second-order valence-corrected chi connectivity index (χ2v) is 4.21. The van der Waals surface area contributed by atoms with Crippen molar-refractivity contribution in [3.05, 3.63) is 29.5 Å². The Labute approximate surface area is 93.4 Å². The molecule has 82 valence electrons. The van der Waals surface area contributed by atoms with Crippen LogP contribution in [0, 0.1) is 0 Å². The number of rotatable bonds is 1. The van der Waals surface area contributed by atoms with Crippen molar-refractivity contribution in [2.45, 2.75) is 19.3 Å². The number of carbonyl (C=O) groups excluding carboxylic acids is 1. The lowest BCUT2D eigenvalue weighted by atomic mass is 9.94. The minimum atomic E-state index is 0.330. The van der Waals surface area contributed by atoms with E-state index in [1.54, 1.807) is 7.11 Å². The molecule has 0 unspecified atom stereocenters. The Morgan fingerprint density at radius 3 is 3.00 bits per heavy atom. The van der Waals surface area contributed by atoms with Gasteiger partial charge in [0, 0.05) is 29.4 Å². The fourth-order valence-electron chi connectivity index (χ4n) is 2.37. The summed E-state index contributed by atoms with van der Waals surface area (Å²) < 4.78 is 5.21. The molecule has 0 saturated heterocycles. The summed E-state index contributed by atoms with van der Waals surface area (Å²) in [6.07, 6.45) is 2.06. The molecule has 1 aromatic carbocycles. The van der Waals surface area contributed by atoms with E-state index in [0.717, 1.165) is 28.6 Å². The number of aromatic amines is 1. The van der Waals surface area contributed by atoms with Crippen LogP contribution in [0.3, 0.4) is 0 Å². The zero-order valence-corrected chi connectivity index (χ0v) is 9.17. The highest BCUT2D eigenvalue weighted by molar-refractivity contribution is 5.93. The van der Waals surface area contributed by atoms with Gasteiger partial charge in [0.25, 0.3) is 0 Å². The van der Waals surface area contributed by atoms with E-state index in [2.05, 4.69) is 4.98 Å². The topological polar surface area (TPSA) is 42.1 Å². The monoisotopic (exact) mass is 215 g/mol. The number of ketones is 1. The van der Waals surface area contributed by atoms with Crippen molar-refractivity contribution in [3.63, 3.8) is 0 Å². The first-order valence-electron chi connectivity index (χ1n) is 5.47. The van der Waals surface area contributed by atoms with E-state index in [1.165, 1.54) is 5.69 Å². The Kier molecular flexibility index (Phi) is 1.99. The number of ether oxygens (including phenoxy) is 1. The number of nitrogens with one attached hydrogen (secondary N) is 1. The second kappa shape index (κ2) is 3.37. The van der Waals surface area contributed by atoms with E-state index in [0.29, 0.717) is 18.6 Å². The molecule has 0 saturated carbocycles. The molecule has 1 aliphatic rings. The number of Topliss-reactive ketones (excluding diaryl/α,β-unsaturated/α-hetero) is 1. The summed E-state index contributed by atoms with van der Waals surface area (Å²) in [6.45, 7) is 0. The van der Waals surface area contributed by atoms with Crippen molar-refractivity contribution in [3.8, 4) is 5.75 Å². The molecule has 0 fully saturated rings. The zero-order chi connectivity index (χ0) is 11.1. The van der Waals surface area contributed by atoms with Crippen LogP contribution in [0.4, 0.5) is 0 Å². The maximum atomic E-state index is 11.5. The minimum Gasteiger partial charge on any atom is -0.497 e. The molecule has 1 heterocycles. The van der Waals surface area contributed by atoms with E-state index in [9.17, 15) is 4.79 Å². The van der Waals surface area contributed by atoms with Gasteiger partial charge in [0.15, 0.2) is 0 Å². The van der Waals surface area contributed by atoms with Crippen molar-refractivity contribution in [1.82, 2.24) is 4.98 Å². The number of benzene rings is 1. The molecule has 0 atom stereocenters. The van der Waals surface area contributed by atoms with Crippen LogP contribution >= 0.6 is 0 Å². The standard InChI is InChI=1S/C13H13NO2/c1-16-9-3-5-13-11(7-9)10-6-8(15)2-4-12(10)14-13/h3,5,7,14H,2,4,6H2,1H3. The van der Waals surface area contributed by atoms with Crippen LogP contribution in [0.25, 0.3) is 10.9 Å². The zero-order valence-electron chi connectivity index (χ0n) is 9.17. The van der Waals surface area contributed by atoms with E-state index in [1.807, 2.05) is 18.2 Å². The first-order valence-corrected chi connectivity index (χ1v) is 5.47. The number of methoxy groups -OCH3 is 1. The molecule has 0 aliphatic heterocycles. The lowest BCUT2D eigenvalue weighted by Gasteiger charge is -2.09. The summed E-state index contributed by atoms with van der Waals surface area (Å²) in [4.78, 5) is 14.9. The molecule has 2 aromatic rings. The highest BCUT2D eigenvalue weighted by atomic mass is 16.5. The first kappa shape index (κ1) is 9.46. The SMILES string of the molecule is COc1ccc2[nH]c3c(c2c1)CC(=O)CC3. The Bertz CT molecular complexity index is 569. The van der Waals surface area contributed by atoms with Crippen LogP contribution in [0.1, 0.15) is 17.7 Å². The second-order valence-electron chi connectivity index (χ2n) is 4.21. The van der Waals surface area contributed by atoms with Gasteiger partial charge in [0.05, 0.1) is 7.11 Å². The van der Waals surface area contributed by atoms with Gasteiger partial charge >= 0.3 is 0 Å². The Morgan fingerprint density at radius 1 is 1.31 bits per heavy atom. The molecule has 0 radical (unpaired) electrons. The van der Waals surface area contributed by atoms with Gasteiger partial charge in [-0.2, -0.15) is 0 Å². The van der Waals surface area contributed by atoms with Crippen molar-refractivity contribution in [2.75, 3.05) is 7.11 Å². The van der Waals surface area contributed by atoms with Crippen LogP contribution in [0.5, 0.6) is 5.75 Å². The molecule has 1 aromatic heterocycles. The fourth-order valence-corrected chi connectivity index (χ4v) is 2.37. The third-order valence-electron chi connectivity index (χ3n) is 3.23. The predicted molar refractivity (Wildman–Crippen MR) is 61.9 cm³/mol. The Balaban J connectivity index is 2.23. The smallest absolute Gasteiger partial charge is 0.137 e. The summed E-state index contributed by atoms with van der Waals surface area (Å²) in [7, 11) is 1.66. The number of aromatic nitrogens is 1. The summed E-state index contributed by atoms with van der Waals surface area (Å²) in [5.74, 6) is 1.17. The van der Waals surface area contributed by atoms with Gasteiger partial charge in [0.1, 0.15) is 11.5 Å². The lowest BCUT2D eigenvalue weighted by molar-refractivity contribution is -0.118. The lowest BCUT2D eigenvalue weighted by Crippen LogP contribution is -2.12. The maximum absolute atomic E-state index is 11.5. The molecule has 1 aliphatic carbocycles. The quantitative estimate of drug-likeness (QED) is 0.792. The number of hydrogen-bond acceptors (Lipinski definition) is 2. The van der Waals surface area contributed by atoms with Crippen LogP contribution < -0.4 is 4.74 Å². The Morgan fingerprint density at radius 2 is 2.19 bits per heavy atom. The van der Waals surface area contributed by atoms with Gasteiger partial charge in [-0.25, -0.2) is 0 Å². The molecular formula is C13H13NO2. The molecule has 3 rings (SSSR count). The van der Waals surface area contributed by atoms with Crippen LogP contribution in [0.15, 0.2) is 18.2 Å². The molecule has 1 N–H and O–H groups in total. The summed E-state index contributed by atoms with van der Waals surface area (Å²) >= 11 is 0. The molecule has 3 heteroatoms. The molecule has 16 heavy (non-hydrogen) atoms. The third-order valence-corrected chi connectivity index (χ3v) is 3.23. The summed E-state index contributed by atoms with van der Waals surface area (Å²) in [5, 5.41) is 1.13. The van der Waals surface area contributed by atoms with Crippen LogP contribution in [-0.2, 0) is 17.6 Å². The summed E-state index contributed by atoms with van der Waals surface area (Å²) in [5.41, 5.74) is 3.47. The van der Waals surface area contributed by atoms with Gasteiger partial charge in [-0.15, -0.1) is 0 Å². The molecule has 0 spiro atoms. The molecular weight excluding hydrogens is 202 g/mol. The van der Waals surface area contributed by atoms with Crippen molar-refractivity contribution in [2.24, 2.45) is 0 Å². The number of fused-ring (bicyclic) bond motifs is 3. The van der Waals surface area contributed by atoms with Gasteiger partial charge < -0.3 is 9.72 Å². The van der Waals surface area contributed by atoms with E-state index in [4.69, 9.17) is 4.74 Å². The van der Waals surface area contributed by atoms with Crippen LogP contribution in [0.2, 0.25) is 0 Å². The van der Waals surface area contributed by atoms with Crippen molar-refractivity contribution >= 4 is 16.7 Å². The van der Waals surface area contributed by atoms with Gasteiger partial charge in [-0.05, 0) is 30.2 Å². The fraction of sp³-hybridized carbons (Fsp3) is 0.308. The average molecular weight is 215 g/mol. The minimum absolute atomic E-state index is 0.330. The van der Waals surface area contributed by atoms with E-state index >= 15 is 0 Å². The molecule has 0 amide bonds. The van der Waals surface area contributed by atoms with E-state index in [-0.39, 0.29) is 0 Å². The molecule has 0 bridgehead atoms. The normalized spacial score (nSPS) is 15.2. The van der Waals surface area contributed by atoms with E-state index < -0.39 is 0 Å². The number of aryl methyl sites for hydroxylation is 1. The maximum Gasteiger partial charge on any atom is 0.137 e. The highest BCUT2D eigenvalue weighted by Crippen LogP contribution is 2.30. The number of hydrogen-bond donors (Lipinski definition) is 1. The highest BCUT2D eigenvalue weighted by Gasteiger charge is 2.20. The van der Waals surface area contributed by atoms with Gasteiger partial charge in [0.2, 0.25) is 0 Å². The van der Waals surface area contributed by atoms with Crippen LogP contribution in [-0.4, -0.2) is 17.9 Å². The van der Waals surface area contributed by atoms with Crippen molar-refractivity contribution in [1.29, 1.82) is 0 Å². The number of H-pyrrole nitrogens is 1. The van der Waals surface area contributed by atoms with Crippen molar-refractivity contribution < 1.29 is 9.53 Å². The first-order chi connectivity index (χ1) is 7.78. The number of carbonyl (C=O) groups is 1. The Hall–Kier alpha value is -1.77. The largest absolute Gasteiger partial charge is 0.497 e. The molecule has 3 nitrogen and oxygen atoms in total.